The van der Waals surface area contributed by atoms with Crippen molar-refractivity contribution in [2.24, 2.45) is 0 Å². The highest BCUT2D eigenvalue weighted by Gasteiger charge is 2.28. The fraction of sp³-hybridized carbons (Fsp3) is 0.458. The Morgan fingerprint density at radius 1 is 1.03 bits per heavy atom. The molecule has 1 N–H and O–H groups in total. The summed E-state index contributed by atoms with van der Waals surface area (Å²) in [5.41, 5.74) is 2.20. The Hall–Kier alpha value is -2.98. The number of sulfonamides is 1. The van der Waals surface area contributed by atoms with E-state index in [4.69, 9.17) is 9.97 Å². The van der Waals surface area contributed by atoms with Gasteiger partial charge < -0.3 is 15.1 Å². The van der Waals surface area contributed by atoms with Crippen molar-refractivity contribution in [1.29, 1.82) is 0 Å². The summed E-state index contributed by atoms with van der Waals surface area (Å²) in [6, 6.07) is 11.0. The minimum Gasteiger partial charge on any atom is -0.352 e. The predicted molar refractivity (Wildman–Crippen MR) is 138 cm³/mol. The molecule has 10 heteroatoms. The summed E-state index contributed by atoms with van der Waals surface area (Å²) in [4.78, 5) is 18.6. The van der Waals surface area contributed by atoms with Gasteiger partial charge in [0.2, 0.25) is 5.95 Å². The predicted octanol–water partition coefficient (Wildman–Crippen LogP) is 3.12. The summed E-state index contributed by atoms with van der Waals surface area (Å²) in [7, 11) is -0.0416. The van der Waals surface area contributed by atoms with Crippen LogP contribution in [0, 0.1) is 0 Å². The smallest absolute Gasteiger partial charge is 0.255 e. The number of rotatable bonds is 7. The van der Waals surface area contributed by atoms with Crippen molar-refractivity contribution in [2.75, 3.05) is 54.8 Å². The van der Waals surface area contributed by atoms with Gasteiger partial charge in [0.15, 0.2) is 0 Å². The summed E-state index contributed by atoms with van der Waals surface area (Å²) in [5.74, 6) is 1.31. The van der Waals surface area contributed by atoms with Crippen LogP contribution in [0.25, 0.3) is 10.9 Å². The maximum absolute atomic E-state index is 13.4. The molecule has 182 valence electrons. The van der Waals surface area contributed by atoms with Gasteiger partial charge >= 0.3 is 0 Å². The van der Waals surface area contributed by atoms with Crippen molar-refractivity contribution in [3.8, 4) is 0 Å². The van der Waals surface area contributed by atoms with Gasteiger partial charge in [-0.15, -0.1) is 0 Å². The molecule has 4 rings (SSSR count). The first-order valence-electron chi connectivity index (χ1n) is 11.6. The molecule has 1 atom stereocenters. The van der Waals surface area contributed by atoms with Gasteiger partial charge in [0.05, 0.1) is 17.4 Å². The zero-order valence-electron chi connectivity index (χ0n) is 20.4. The number of nitrogens with zero attached hydrogens (tertiary/aromatic N) is 6. The van der Waals surface area contributed by atoms with E-state index < -0.39 is 15.4 Å². The highest BCUT2D eigenvalue weighted by atomic mass is 32.2. The largest absolute Gasteiger partial charge is 0.352 e. The SMILES string of the molecule is CC(C)c1cc2c(NC(C)S(=O)(=O)N(C)c3ccccc3)nc(N3CCN(C)CC3)nc2cn1. The van der Waals surface area contributed by atoms with E-state index >= 15 is 0 Å². The van der Waals surface area contributed by atoms with Crippen molar-refractivity contribution in [3.05, 3.63) is 48.3 Å². The molecule has 1 aliphatic heterocycles. The highest BCUT2D eigenvalue weighted by molar-refractivity contribution is 7.93. The highest BCUT2D eigenvalue weighted by Crippen LogP contribution is 2.28. The molecule has 0 amide bonds. The number of anilines is 3. The Labute approximate surface area is 201 Å². The third kappa shape index (κ3) is 4.92. The average molecular weight is 484 g/mol. The lowest BCUT2D eigenvalue weighted by atomic mass is 10.1. The molecule has 0 saturated carbocycles. The third-order valence-electron chi connectivity index (χ3n) is 6.26. The van der Waals surface area contributed by atoms with Gasteiger partial charge in [0.25, 0.3) is 10.0 Å². The van der Waals surface area contributed by atoms with Crippen molar-refractivity contribution in [3.63, 3.8) is 0 Å². The van der Waals surface area contributed by atoms with Crippen molar-refractivity contribution >= 4 is 38.4 Å². The Kier molecular flexibility index (Phi) is 6.90. The number of pyridine rings is 1. The van der Waals surface area contributed by atoms with E-state index in [0.717, 1.165) is 37.3 Å². The van der Waals surface area contributed by atoms with E-state index in [2.05, 4.69) is 41.0 Å². The van der Waals surface area contributed by atoms with Gasteiger partial charge in [-0.05, 0) is 38.1 Å². The number of hydrogen-bond acceptors (Lipinski definition) is 8. The zero-order valence-corrected chi connectivity index (χ0v) is 21.2. The first kappa shape index (κ1) is 24.2. The third-order valence-corrected chi connectivity index (χ3v) is 8.24. The molecule has 3 aromatic rings. The molecule has 0 spiro atoms. The van der Waals surface area contributed by atoms with Crippen LogP contribution in [0.4, 0.5) is 17.5 Å². The number of aromatic nitrogens is 3. The van der Waals surface area contributed by atoms with Crippen LogP contribution in [0.3, 0.4) is 0 Å². The Balaban J connectivity index is 1.72. The molecule has 1 saturated heterocycles. The summed E-state index contributed by atoms with van der Waals surface area (Å²) in [6.07, 6.45) is 1.76. The second-order valence-electron chi connectivity index (χ2n) is 9.08. The molecule has 1 fully saturated rings. The van der Waals surface area contributed by atoms with E-state index in [0.29, 0.717) is 23.0 Å². The number of benzene rings is 1. The average Bonchev–Trinajstić information content (AvgIpc) is 2.84. The molecule has 0 aliphatic carbocycles. The lowest BCUT2D eigenvalue weighted by Gasteiger charge is -2.33. The first-order valence-corrected chi connectivity index (χ1v) is 13.1. The molecule has 1 aliphatic rings. The Morgan fingerprint density at radius 2 is 1.71 bits per heavy atom. The lowest BCUT2D eigenvalue weighted by molar-refractivity contribution is 0.311. The van der Waals surface area contributed by atoms with Crippen LogP contribution in [0.15, 0.2) is 42.6 Å². The second-order valence-corrected chi connectivity index (χ2v) is 11.4. The quantitative estimate of drug-likeness (QED) is 0.548. The van der Waals surface area contributed by atoms with Crippen LogP contribution in [-0.2, 0) is 10.0 Å². The van der Waals surface area contributed by atoms with Gasteiger partial charge in [0, 0.05) is 44.3 Å². The van der Waals surface area contributed by atoms with Crippen LogP contribution in [0.2, 0.25) is 0 Å². The van der Waals surface area contributed by atoms with Crippen LogP contribution >= 0.6 is 0 Å². The summed E-state index contributed by atoms with van der Waals surface area (Å²) in [6.45, 7) is 9.24. The Morgan fingerprint density at radius 3 is 2.35 bits per heavy atom. The molecular weight excluding hydrogens is 450 g/mol. The van der Waals surface area contributed by atoms with Gasteiger partial charge in [0.1, 0.15) is 11.2 Å². The van der Waals surface area contributed by atoms with Gasteiger partial charge in [-0.25, -0.2) is 13.4 Å². The molecule has 0 bridgehead atoms. The fourth-order valence-corrected chi connectivity index (χ4v) is 5.05. The summed E-state index contributed by atoms with van der Waals surface area (Å²) in [5, 5.41) is 3.04. The molecule has 0 radical (unpaired) electrons. The number of likely N-dealkylation sites (N-methyl/N-ethyl adjacent to an activating group) is 1. The minimum atomic E-state index is -3.70. The van der Waals surface area contributed by atoms with Gasteiger partial charge in [-0.3, -0.25) is 9.29 Å². The molecule has 2 aromatic heterocycles. The number of piperazine rings is 1. The van der Waals surface area contributed by atoms with Gasteiger partial charge in [-0.1, -0.05) is 32.0 Å². The molecule has 1 aromatic carbocycles. The molecule has 34 heavy (non-hydrogen) atoms. The van der Waals surface area contributed by atoms with Crippen LogP contribution in [-0.4, -0.2) is 73.9 Å². The van der Waals surface area contributed by atoms with Crippen molar-refractivity contribution in [2.45, 2.75) is 32.1 Å². The molecule has 3 heterocycles. The Bertz CT molecular complexity index is 1240. The first-order chi connectivity index (χ1) is 16.2. The van der Waals surface area contributed by atoms with E-state index in [1.807, 2.05) is 24.3 Å². The minimum absolute atomic E-state index is 0.222. The lowest BCUT2D eigenvalue weighted by Crippen LogP contribution is -2.45. The topological polar surface area (TPSA) is 94.6 Å². The maximum atomic E-state index is 13.4. The molecule has 1 unspecified atom stereocenters. The molecule has 9 nitrogen and oxygen atoms in total. The van der Waals surface area contributed by atoms with E-state index in [9.17, 15) is 8.42 Å². The van der Waals surface area contributed by atoms with Crippen LogP contribution < -0.4 is 14.5 Å². The number of para-hydroxylation sites is 1. The van der Waals surface area contributed by atoms with Crippen molar-refractivity contribution < 1.29 is 8.42 Å². The van der Waals surface area contributed by atoms with E-state index in [-0.39, 0.29) is 5.92 Å². The normalized spacial score (nSPS) is 16.1. The zero-order chi connectivity index (χ0) is 24.5. The number of fused-ring (bicyclic) bond motifs is 1. The van der Waals surface area contributed by atoms with Crippen LogP contribution in [0.5, 0.6) is 0 Å². The maximum Gasteiger partial charge on any atom is 0.255 e. The number of hydrogen-bond donors (Lipinski definition) is 1. The standard InChI is InChI=1S/C24H33N7O2S/c1-17(2)21-15-20-22(16-25-21)27-24(31-13-11-29(4)12-14-31)28-23(20)26-18(3)34(32,33)30(5)19-9-7-6-8-10-19/h6-10,15-18H,11-14H2,1-5H3,(H,26,27,28). The van der Waals surface area contributed by atoms with Crippen molar-refractivity contribution in [1.82, 2.24) is 19.9 Å². The van der Waals surface area contributed by atoms with Crippen LogP contribution in [0.1, 0.15) is 32.4 Å². The fourth-order valence-electron chi connectivity index (χ4n) is 3.90. The molecular formula is C24H33N7O2S. The monoisotopic (exact) mass is 483 g/mol. The van der Waals surface area contributed by atoms with E-state index in [1.54, 1.807) is 32.3 Å². The second kappa shape index (κ2) is 9.71. The van der Waals surface area contributed by atoms with Gasteiger partial charge in [-0.2, -0.15) is 4.98 Å². The summed E-state index contributed by atoms with van der Waals surface area (Å²) >= 11 is 0. The summed E-state index contributed by atoms with van der Waals surface area (Å²) < 4.78 is 28.0. The number of nitrogens with one attached hydrogen (secondary N) is 1. The van der Waals surface area contributed by atoms with E-state index in [1.165, 1.54) is 4.31 Å².